The van der Waals surface area contributed by atoms with Crippen LogP contribution in [0.1, 0.15) is 12.8 Å². The molecule has 1 aliphatic rings. The summed E-state index contributed by atoms with van der Waals surface area (Å²) in [5.41, 5.74) is 0. The maximum absolute atomic E-state index is 5.21. The first kappa shape index (κ1) is 11.1. The molecule has 0 unspecified atom stereocenters. The highest BCUT2D eigenvalue weighted by Gasteiger charge is 1.96. The molecular weight excluding hydrogens is 154 g/mol. The lowest BCUT2D eigenvalue weighted by Gasteiger charge is -2.14. The molecule has 3 heteroatoms. The van der Waals surface area contributed by atoms with E-state index in [4.69, 9.17) is 4.43 Å². The molecule has 0 amide bonds. The molecule has 0 aromatic heterocycles. The molecule has 0 N–H and O–H groups in total. The molecule has 0 radical (unpaired) electrons. The van der Waals surface area contributed by atoms with Crippen LogP contribution in [-0.4, -0.2) is 49.0 Å². The molecule has 11 heavy (non-hydrogen) atoms. The summed E-state index contributed by atoms with van der Waals surface area (Å²) >= 11 is 0. The van der Waals surface area contributed by atoms with Crippen molar-refractivity contribution in [1.82, 2.24) is 0 Å². The summed E-state index contributed by atoms with van der Waals surface area (Å²) in [7, 11) is 8.51. The summed E-state index contributed by atoms with van der Waals surface area (Å²) in [5.74, 6) is 0. The zero-order valence-corrected chi connectivity index (χ0v) is 9.81. The third-order valence-corrected chi connectivity index (χ3v) is 2.44. The average Bonchev–Trinajstić information content (AvgIpc) is 1.88. The van der Waals surface area contributed by atoms with Crippen LogP contribution in [0.2, 0.25) is 6.04 Å². The summed E-state index contributed by atoms with van der Waals surface area (Å²) in [5, 5.41) is 0. The van der Waals surface area contributed by atoms with Crippen LogP contribution in [0.4, 0.5) is 0 Å². The van der Waals surface area contributed by atoms with Crippen LogP contribution >= 0.6 is 0 Å². The molecule has 0 bridgehead atoms. The molecule has 0 saturated carbocycles. The first-order valence-corrected chi connectivity index (χ1v) is 5.94. The van der Waals surface area contributed by atoms with Crippen molar-refractivity contribution in [3.8, 4) is 0 Å². The summed E-state index contributed by atoms with van der Waals surface area (Å²) in [6, 6.07) is 1.42. The summed E-state index contributed by atoms with van der Waals surface area (Å²) in [4.78, 5) is 0. The van der Waals surface area contributed by atoms with Gasteiger partial charge in [0.1, 0.15) is 0 Å². The Bertz CT molecular complexity index is 69.1. The van der Waals surface area contributed by atoms with E-state index in [1.807, 2.05) is 0 Å². The topological polar surface area (TPSA) is 9.23 Å². The van der Waals surface area contributed by atoms with Crippen LogP contribution in [-0.2, 0) is 4.43 Å². The van der Waals surface area contributed by atoms with E-state index in [9.17, 15) is 0 Å². The van der Waals surface area contributed by atoms with Gasteiger partial charge < -0.3 is 8.91 Å². The smallest absolute Gasteiger partial charge is 0.161 e. The molecule has 68 valence electrons. The fourth-order valence-electron chi connectivity index (χ4n) is 0.687. The largest absolute Gasteiger partial charge is 0.424 e. The van der Waals surface area contributed by atoms with Crippen LogP contribution in [0.25, 0.3) is 0 Å². The Balaban J connectivity index is 0.000000187. The van der Waals surface area contributed by atoms with Gasteiger partial charge in [0.15, 0.2) is 9.76 Å². The van der Waals surface area contributed by atoms with E-state index >= 15 is 0 Å². The van der Waals surface area contributed by atoms with E-state index < -0.39 is 0 Å². The van der Waals surface area contributed by atoms with Crippen molar-refractivity contribution in [2.45, 2.75) is 18.9 Å². The molecule has 0 aliphatic carbocycles. The quantitative estimate of drug-likeness (QED) is 0.388. The van der Waals surface area contributed by atoms with Gasteiger partial charge in [-0.15, -0.1) is 0 Å². The summed E-state index contributed by atoms with van der Waals surface area (Å²) in [6.07, 6.45) is 2.75. The monoisotopic (exact) mass is 176 g/mol. The van der Waals surface area contributed by atoms with Gasteiger partial charge in [-0.3, -0.25) is 0 Å². The minimum absolute atomic E-state index is 0.00849. The lowest BCUT2D eigenvalue weighted by molar-refractivity contribution is -0.849. The molecule has 1 heterocycles. The average molecular weight is 176 g/mol. The van der Waals surface area contributed by atoms with E-state index in [1.165, 1.54) is 18.9 Å². The molecule has 1 saturated heterocycles. The SMILES string of the molecule is C1CC[SiH2]OC1.C[N+](C)(C)C. The maximum atomic E-state index is 5.21. The first-order valence-electron chi connectivity index (χ1n) is 4.37. The maximum Gasteiger partial charge on any atom is 0.161 e. The Hall–Kier alpha value is 0.137. The molecule has 0 aromatic carbocycles. The number of hydrogen-bond donors (Lipinski definition) is 0. The first-order chi connectivity index (χ1) is 5.00. The van der Waals surface area contributed by atoms with Crippen molar-refractivity contribution < 1.29 is 8.91 Å². The zero-order valence-electron chi connectivity index (χ0n) is 8.39. The number of nitrogens with zero attached hydrogens (tertiary/aromatic N) is 1. The molecule has 2 nitrogen and oxygen atoms in total. The second kappa shape index (κ2) is 5.74. The fourth-order valence-corrected chi connectivity index (χ4v) is 1.86. The Labute approximate surface area is 73.1 Å². The molecule has 1 rings (SSSR count). The van der Waals surface area contributed by atoms with Gasteiger partial charge in [-0.25, -0.2) is 0 Å². The van der Waals surface area contributed by atoms with Crippen molar-refractivity contribution in [2.75, 3.05) is 34.8 Å². The molecule has 1 aliphatic heterocycles. The lowest BCUT2D eigenvalue weighted by atomic mass is 10.4. The van der Waals surface area contributed by atoms with E-state index in [0.717, 1.165) is 11.1 Å². The number of rotatable bonds is 0. The number of hydrogen-bond acceptors (Lipinski definition) is 1. The third kappa shape index (κ3) is 17.8. The van der Waals surface area contributed by atoms with Crippen molar-refractivity contribution in [3.63, 3.8) is 0 Å². The summed E-state index contributed by atoms with van der Waals surface area (Å²) < 4.78 is 6.21. The Morgan fingerprint density at radius 2 is 1.64 bits per heavy atom. The minimum atomic E-state index is 0.00849. The van der Waals surface area contributed by atoms with Crippen LogP contribution in [0.15, 0.2) is 0 Å². The van der Waals surface area contributed by atoms with Crippen LogP contribution in [0.5, 0.6) is 0 Å². The number of quaternary nitrogens is 1. The Morgan fingerprint density at radius 3 is 1.73 bits per heavy atom. The van der Waals surface area contributed by atoms with Gasteiger partial charge in [0.2, 0.25) is 0 Å². The minimum Gasteiger partial charge on any atom is -0.424 e. The normalized spacial score (nSPS) is 20.7. The van der Waals surface area contributed by atoms with Gasteiger partial charge in [-0.05, 0) is 12.5 Å². The standard InChI is InChI=1S/C4H12N.C4H10OSi/c1-5(2,3)4;1-2-4-6-5-3-1/h1-4H3;1-4,6H2/q+1;. The highest BCUT2D eigenvalue weighted by molar-refractivity contribution is 6.27. The van der Waals surface area contributed by atoms with Gasteiger partial charge in [0.25, 0.3) is 0 Å². The van der Waals surface area contributed by atoms with Crippen LogP contribution in [0.3, 0.4) is 0 Å². The van der Waals surface area contributed by atoms with Gasteiger partial charge >= 0.3 is 0 Å². The van der Waals surface area contributed by atoms with E-state index in [0.29, 0.717) is 0 Å². The van der Waals surface area contributed by atoms with Gasteiger partial charge in [0.05, 0.1) is 28.2 Å². The second-order valence-corrected chi connectivity index (χ2v) is 5.88. The van der Waals surface area contributed by atoms with Crippen molar-refractivity contribution >= 4 is 9.76 Å². The Kier molecular flexibility index (Phi) is 5.82. The molecule has 1 fully saturated rings. The molecule has 0 aromatic rings. The van der Waals surface area contributed by atoms with Crippen molar-refractivity contribution in [2.24, 2.45) is 0 Å². The molecule has 0 atom stereocenters. The lowest BCUT2D eigenvalue weighted by Crippen LogP contribution is -2.27. The van der Waals surface area contributed by atoms with Crippen molar-refractivity contribution in [1.29, 1.82) is 0 Å². The highest BCUT2D eigenvalue weighted by atomic mass is 28.2. The second-order valence-electron chi connectivity index (χ2n) is 4.36. The highest BCUT2D eigenvalue weighted by Crippen LogP contribution is 2.01. The Morgan fingerprint density at radius 1 is 1.09 bits per heavy atom. The van der Waals surface area contributed by atoms with Crippen molar-refractivity contribution in [3.05, 3.63) is 0 Å². The van der Waals surface area contributed by atoms with Crippen LogP contribution < -0.4 is 0 Å². The van der Waals surface area contributed by atoms with Crippen LogP contribution in [0, 0.1) is 0 Å². The van der Waals surface area contributed by atoms with E-state index in [-0.39, 0.29) is 9.76 Å². The predicted molar refractivity (Wildman–Crippen MR) is 52.5 cm³/mol. The van der Waals surface area contributed by atoms with Gasteiger partial charge in [-0.2, -0.15) is 0 Å². The predicted octanol–water partition coefficient (Wildman–Crippen LogP) is 0.621. The van der Waals surface area contributed by atoms with Gasteiger partial charge in [-0.1, -0.05) is 6.42 Å². The zero-order chi connectivity index (χ0) is 8.74. The fraction of sp³-hybridized carbons (Fsp3) is 1.00. The summed E-state index contributed by atoms with van der Waals surface area (Å²) in [6.45, 7) is 1.06. The third-order valence-electron chi connectivity index (χ3n) is 1.08. The van der Waals surface area contributed by atoms with Gasteiger partial charge in [0, 0.05) is 6.61 Å². The molecular formula is C8H22NOSi+. The van der Waals surface area contributed by atoms with E-state index in [2.05, 4.69) is 28.2 Å². The molecule has 0 spiro atoms. The van der Waals surface area contributed by atoms with E-state index in [1.54, 1.807) is 0 Å².